The van der Waals surface area contributed by atoms with E-state index in [9.17, 15) is 9.90 Å². The molecule has 1 aliphatic rings. The van der Waals surface area contributed by atoms with Gasteiger partial charge < -0.3 is 5.11 Å². The molecule has 0 aromatic carbocycles. The number of aromatic carboxylic acids is 1. The zero-order valence-electron chi connectivity index (χ0n) is 12.6. The van der Waals surface area contributed by atoms with Crippen LogP contribution in [0.25, 0.3) is 5.82 Å². The smallest absolute Gasteiger partial charge is 0.356 e. The Morgan fingerprint density at radius 1 is 1.43 bits per heavy atom. The molecular formula is C16H19N3O2. The minimum Gasteiger partial charge on any atom is -0.476 e. The Balaban J connectivity index is 2.18. The number of rotatable bonds is 2. The normalized spacial score (nSPS) is 16.5. The topological polar surface area (TPSA) is 68.0 Å². The fourth-order valence-electron chi connectivity index (χ4n) is 2.95. The summed E-state index contributed by atoms with van der Waals surface area (Å²) in [5, 5.41) is 13.8. The largest absolute Gasteiger partial charge is 0.476 e. The van der Waals surface area contributed by atoms with Gasteiger partial charge in [0.05, 0.1) is 5.69 Å². The van der Waals surface area contributed by atoms with Crippen molar-refractivity contribution >= 4 is 5.97 Å². The molecule has 1 aliphatic carbocycles. The molecule has 1 N–H and O–H groups in total. The molecule has 2 aromatic heterocycles. The first kappa shape index (κ1) is 13.8. The summed E-state index contributed by atoms with van der Waals surface area (Å²) in [6.07, 6.45) is 4.33. The summed E-state index contributed by atoms with van der Waals surface area (Å²) in [5.74, 6) is -0.270. The molecule has 0 radical (unpaired) electrons. The molecular weight excluding hydrogens is 266 g/mol. The van der Waals surface area contributed by atoms with E-state index in [1.54, 1.807) is 10.9 Å². The molecule has 0 amide bonds. The van der Waals surface area contributed by atoms with Gasteiger partial charge in [-0.25, -0.2) is 14.5 Å². The Morgan fingerprint density at radius 2 is 2.19 bits per heavy atom. The third-order valence-electron chi connectivity index (χ3n) is 4.10. The van der Waals surface area contributed by atoms with Crippen molar-refractivity contribution in [2.75, 3.05) is 0 Å². The maximum Gasteiger partial charge on any atom is 0.356 e. The zero-order chi connectivity index (χ0) is 15.2. The highest BCUT2D eigenvalue weighted by Gasteiger charge is 2.33. The molecule has 5 heteroatoms. The molecule has 3 rings (SSSR count). The van der Waals surface area contributed by atoms with Crippen LogP contribution in [-0.2, 0) is 12.8 Å². The van der Waals surface area contributed by atoms with Gasteiger partial charge in [-0.05, 0) is 49.3 Å². The maximum atomic E-state index is 11.5. The number of pyridine rings is 1. The quantitative estimate of drug-likeness (QED) is 0.921. The van der Waals surface area contributed by atoms with E-state index >= 15 is 0 Å². The van der Waals surface area contributed by atoms with Crippen LogP contribution in [0.4, 0.5) is 0 Å². The van der Waals surface area contributed by atoms with E-state index in [1.807, 2.05) is 19.1 Å². The van der Waals surface area contributed by atoms with Crippen molar-refractivity contribution in [3.63, 3.8) is 0 Å². The average Bonchev–Trinajstić information content (AvgIpc) is 2.76. The van der Waals surface area contributed by atoms with Crippen LogP contribution in [0.5, 0.6) is 0 Å². The fourth-order valence-corrected chi connectivity index (χ4v) is 2.95. The number of carbonyl (C=O) groups is 1. The lowest BCUT2D eigenvalue weighted by Gasteiger charge is -2.29. The van der Waals surface area contributed by atoms with E-state index in [-0.39, 0.29) is 11.1 Å². The van der Waals surface area contributed by atoms with Gasteiger partial charge in [0.1, 0.15) is 0 Å². The Bertz CT molecular complexity index is 716. The van der Waals surface area contributed by atoms with Gasteiger partial charge in [0.15, 0.2) is 11.5 Å². The van der Waals surface area contributed by atoms with Gasteiger partial charge in [0, 0.05) is 11.8 Å². The lowest BCUT2D eigenvalue weighted by Crippen LogP contribution is -2.24. The first-order chi connectivity index (χ1) is 9.87. The van der Waals surface area contributed by atoms with E-state index in [0.29, 0.717) is 5.82 Å². The van der Waals surface area contributed by atoms with Gasteiger partial charge in [0.25, 0.3) is 0 Å². The van der Waals surface area contributed by atoms with Crippen molar-refractivity contribution < 1.29 is 9.90 Å². The summed E-state index contributed by atoms with van der Waals surface area (Å²) in [6, 6.07) is 3.85. The zero-order valence-corrected chi connectivity index (χ0v) is 12.6. The lowest BCUT2D eigenvalue weighted by molar-refractivity contribution is 0.0688. The first-order valence-corrected chi connectivity index (χ1v) is 7.14. The first-order valence-electron chi connectivity index (χ1n) is 7.14. The molecule has 2 heterocycles. The molecule has 0 aliphatic heterocycles. The molecule has 0 atom stereocenters. The summed E-state index contributed by atoms with van der Waals surface area (Å²) in [7, 11) is 0. The predicted octanol–water partition coefficient (Wildman–Crippen LogP) is 2.79. The highest BCUT2D eigenvalue weighted by Crippen LogP contribution is 2.37. The van der Waals surface area contributed by atoms with Gasteiger partial charge in [-0.1, -0.05) is 13.8 Å². The minimum atomic E-state index is -0.963. The van der Waals surface area contributed by atoms with Crippen molar-refractivity contribution in [1.82, 2.24) is 14.8 Å². The molecule has 0 saturated carbocycles. The van der Waals surface area contributed by atoms with E-state index in [0.717, 1.165) is 36.1 Å². The van der Waals surface area contributed by atoms with Crippen LogP contribution in [0.3, 0.4) is 0 Å². The number of fused-ring (bicyclic) bond motifs is 1. The van der Waals surface area contributed by atoms with E-state index in [2.05, 4.69) is 23.9 Å². The monoisotopic (exact) mass is 285 g/mol. The molecule has 0 saturated heterocycles. The Kier molecular flexibility index (Phi) is 3.08. The minimum absolute atomic E-state index is 0.116. The van der Waals surface area contributed by atoms with E-state index in [4.69, 9.17) is 0 Å². The number of aryl methyl sites for hydroxylation is 1. The number of nitrogens with zero attached hydrogens (tertiary/aromatic N) is 3. The number of carboxylic acid groups (broad SMARTS) is 1. The summed E-state index contributed by atoms with van der Waals surface area (Å²) in [4.78, 5) is 15.8. The third kappa shape index (κ3) is 2.44. The molecule has 110 valence electrons. The molecule has 0 spiro atoms. The highest BCUT2D eigenvalue weighted by molar-refractivity contribution is 5.87. The number of hydrogen-bond donors (Lipinski definition) is 1. The third-order valence-corrected chi connectivity index (χ3v) is 4.10. The van der Waals surface area contributed by atoms with Crippen molar-refractivity contribution in [2.45, 2.75) is 40.0 Å². The number of aromatic nitrogens is 3. The van der Waals surface area contributed by atoms with Crippen LogP contribution in [0, 0.1) is 12.3 Å². The molecule has 2 aromatic rings. The fraction of sp³-hybridized carbons (Fsp3) is 0.438. The van der Waals surface area contributed by atoms with Gasteiger partial charge in [0.2, 0.25) is 0 Å². The van der Waals surface area contributed by atoms with Gasteiger partial charge in [-0.3, -0.25) is 0 Å². The highest BCUT2D eigenvalue weighted by atomic mass is 16.4. The van der Waals surface area contributed by atoms with Gasteiger partial charge >= 0.3 is 5.97 Å². The van der Waals surface area contributed by atoms with Crippen molar-refractivity contribution in [2.24, 2.45) is 5.41 Å². The number of carboxylic acids is 1. The van der Waals surface area contributed by atoms with Crippen molar-refractivity contribution in [3.8, 4) is 5.82 Å². The summed E-state index contributed by atoms with van der Waals surface area (Å²) in [6.45, 7) is 6.33. The maximum absolute atomic E-state index is 11.5. The summed E-state index contributed by atoms with van der Waals surface area (Å²) < 4.78 is 1.71. The van der Waals surface area contributed by atoms with Gasteiger partial charge in [-0.15, -0.1) is 0 Å². The van der Waals surface area contributed by atoms with E-state index in [1.165, 1.54) is 0 Å². The molecule has 0 unspecified atom stereocenters. The second-order valence-corrected chi connectivity index (χ2v) is 6.52. The van der Waals surface area contributed by atoms with Crippen molar-refractivity contribution in [1.29, 1.82) is 0 Å². The lowest BCUT2D eigenvalue weighted by atomic mass is 9.76. The van der Waals surface area contributed by atoms with Gasteiger partial charge in [-0.2, -0.15) is 5.10 Å². The van der Waals surface area contributed by atoms with Crippen LogP contribution in [-0.4, -0.2) is 25.8 Å². The summed E-state index contributed by atoms with van der Waals surface area (Å²) >= 11 is 0. The summed E-state index contributed by atoms with van der Waals surface area (Å²) in [5.41, 5.74) is 3.22. The van der Waals surface area contributed by atoms with Crippen LogP contribution in [0.1, 0.15) is 47.6 Å². The standard InChI is InChI=1S/C16H19N3O2/c1-10-5-7-17-13(8-10)19-12-4-6-16(2,3)9-11(12)14(18-19)15(20)21/h5,7-8H,4,6,9H2,1-3H3,(H,20,21). The second kappa shape index (κ2) is 4.69. The van der Waals surface area contributed by atoms with Crippen molar-refractivity contribution in [3.05, 3.63) is 40.8 Å². The molecule has 21 heavy (non-hydrogen) atoms. The van der Waals surface area contributed by atoms with Crippen LogP contribution in [0.2, 0.25) is 0 Å². The van der Waals surface area contributed by atoms with Crippen LogP contribution >= 0.6 is 0 Å². The SMILES string of the molecule is Cc1ccnc(-n2nc(C(=O)O)c3c2CCC(C)(C)C3)c1. The van der Waals surface area contributed by atoms with E-state index < -0.39 is 5.97 Å². The molecule has 0 fully saturated rings. The Labute approximate surface area is 123 Å². The second-order valence-electron chi connectivity index (χ2n) is 6.52. The predicted molar refractivity (Wildman–Crippen MR) is 78.9 cm³/mol. The number of hydrogen-bond acceptors (Lipinski definition) is 3. The molecule has 0 bridgehead atoms. The molecule has 5 nitrogen and oxygen atoms in total. The average molecular weight is 285 g/mol. The Morgan fingerprint density at radius 3 is 2.86 bits per heavy atom. The van der Waals surface area contributed by atoms with Crippen LogP contribution in [0.15, 0.2) is 18.3 Å². The van der Waals surface area contributed by atoms with Crippen LogP contribution < -0.4 is 0 Å². The Hall–Kier alpha value is -2.17.